The third kappa shape index (κ3) is 1.19. The SMILES string of the molecule is C1=Cc2[nH]c3ccc4[nH]c5ccccc5c4c3c2CC1. The number of hydrogen-bond donors (Lipinski definition) is 2. The number of aryl methyl sites for hydroxylation is 1. The molecule has 96 valence electrons. The fourth-order valence-electron chi connectivity index (χ4n) is 3.55. The molecule has 0 unspecified atom stereocenters. The molecular formula is C18H14N2. The third-order valence-corrected chi connectivity index (χ3v) is 4.41. The van der Waals surface area contributed by atoms with Gasteiger partial charge in [-0.15, -0.1) is 0 Å². The van der Waals surface area contributed by atoms with E-state index in [1.807, 2.05) is 0 Å². The van der Waals surface area contributed by atoms with Crippen LogP contribution in [0.3, 0.4) is 0 Å². The van der Waals surface area contributed by atoms with Gasteiger partial charge in [-0.25, -0.2) is 0 Å². The summed E-state index contributed by atoms with van der Waals surface area (Å²) in [6.45, 7) is 0. The molecule has 0 saturated carbocycles. The molecule has 0 radical (unpaired) electrons. The van der Waals surface area contributed by atoms with Crippen LogP contribution >= 0.6 is 0 Å². The minimum absolute atomic E-state index is 1.13. The number of fused-ring (bicyclic) bond motifs is 7. The second-order valence-electron chi connectivity index (χ2n) is 5.54. The summed E-state index contributed by atoms with van der Waals surface area (Å²) in [7, 11) is 0. The zero-order chi connectivity index (χ0) is 13.1. The summed E-state index contributed by atoms with van der Waals surface area (Å²) < 4.78 is 0. The molecule has 20 heavy (non-hydrogen) atoms. The van der Waals surface area contributed by atoms with E-state index in [4.69, 9.17) is 0 Å². The molecule has 2 heteroatoms. The van der Waals surface area contributed by atoms with Gasteiger partial charge in [0.1, 0.15) is 0 Å². The molecular weight excluding hydrogens is 244 g/mol. The van der Waals surface area contributed by atoms with E-state index < -0.39 is 0 Å². The predicted octanol–water partition coefficient (Wildman–Crippen LogP) is 4.76. The van der Waals surface area contributed by atoms with Gasteiger partial charge in [-0.2, -0.15) is 0 Å². The second kappa shape index (κ2) is 3.54. The van der Waals surface area contributed by atoms with Crippen molar-refractivity contribution < 1.29 is 0 Å². The molecule has 0 saturated heterocycles. The van der Waals surface area contributed by atoms with Gasteiger partial charge in [-0.1, -0.05) is 24.3 Å². The Morgan fingerprint density at radius 2 is 1.65 bits per heavy atom. The molecule has 2 aromatic carbocycles. The summed E-state index contributed by atoms with van der Waals surface area (Å²) in [6, 6.07) is 13.0. The van der Waals surface area contributed by atoms with E-state index in [0.29, 0.717) is 0 Å². The van der Waals surface area contributed by atoms with Gasteiger partial charge in [0.25, 0.3) is 0 Å². The maximum absolute atomic E-state index is 3.56. The van der Waals surface area contributed by atoms with Crippen molar-refractivity contribution in [3.8, 4) is 0 Å². The molecule has 0 aliphatic heterocycles. The summed E-state index contributed by atoms with van der Waals surface area (Å²) in [4.78, 5) is 7.10. The summed E-state index contributed by atoms with van der Waals surface area (Å²) in [5.41, 5.74) is 6.45. The Hall–Kier alpha value is -2.48. The summed E-state index contributed by atoms with van der Waals surface area (Å²) in [6.07, 6.45) is 6.74. The Balaban J connectivity index is 2.09. The van der Waals surface area contributed by atoms with Crippen LogP contribution < -0.4 is 0 Å². The average molecular weight is 258 g/mol. The number of aromatic nitrogens is 2. The third-order valence-electron chi connectivity index (χ3n) is 4.41. The Kier molecular flexibility index (Phi) is 1.83. The largest absolute Gasteiger partial charge is 0.355 e. The van der Waals surface area contributed by atoms with Crippen molar-refractivity contribution in [1.29, 1.82) is 0 Å². The Morgan fingerprint density at radius 1 is 0.800 bits per heavy atom. The van der Waals surface area contributed by atoms with Crippen molar-refractivity contribution in [3.63, 3.8) is 0 Å². The van der Waals surface area contributed by atoms with Crippen LogP contribution in [0, 0.1) is 0 Å². The minimum atomic E-state index is 1.13. The second-order valence-corrected chi connectivity index (χ2v) is 5.54. The Bertz CT molecular complexity index is 998. The fourth-order valence-corrected chi connectivity index (χ4v) is 3.55. The highest BCUT2D eigenvalue weighted by Crippen LogP contribution is 2.37. The minimum Gasteiger partial charge on any atom is -0.355 e. The van der Waals surface area contributed by atoms with Crippen molar-refractivity contribution in [2.45, 2.75) is 12.8 Å². The zero-order valence-electron chi connectivity index (χ0n) is 11.0. The molecule has 1 aliphatic carbocycles. The number of aromatic amines is 2. The molecule has 0 amide bonds. The lowest BCUT2D eigenvalue weighted by Gasteiger charge is -2.05. The van der Waals surface area contributed by atoms with Crippen LogP contribution in [0.2, 0.25) is 0 Å². The molecule has 5 rings (SSSR count). The summed E-state index contributed by atoms with van der Waals surface area (Å²) in [5.74, 6) is 0. The molecule has 2 heterocycles. The van der Waals surface area contributed by atoms with Gasteiger partial charge in [0.2, 0.25) is 0 Å². The zero-order valence-corrected chi connectivity index (χ0v) is 11.0. The van der Waals surface area contributed by atoms with E-state index in [1.165, 1.54) is 44.0 Å². The quantitative estimate of drug-likeness (QED) is 0.455. The van der Waals surface area contributed by atoms with Crippen molar-refractivity contribution in [3.05, 3.63) is 53.7 Å². The maximum atomic E-state index is 3.56. The van der Waals surface area contributed by atoms with E-state index >= 15 is 0 Å². The molecule has 0 spiro atoms. The average Bonchev–Trinajstić information content (AvgIpc) is 3.04. The first-order chi connectivity index (χ1) is 9.92. The van der Waals surface area contributed by atoms with Gasteiger partial charge >= 0.3 is 0 Å². The highest BCUT2D eigenvalue weighted by molar-refractivity contribution is 6.21. The van der Waals surface area contributed by atoms with E-state index in [-0.39, 0.29) is 0 Å². The monoisotopic (exact) mass is 258 g/mol. The highest BCUT2D eigenvalue weighted by atomic mass is 14.7. The standard InChI is InChI=1S/C18H14N2/c1-3-7-13-11(5-1)17-15(19-13)9-10-16-18(17)12-6-2-4-8-14(12)20-16/h1,3-5,7-10,19-20H,2,6H2. The lowest BCUT2D eigenvalue weighted by molar-refractivity contribution is 0.993. The van der Waals surface area contributed by atoms with Gasteiger partial charge in [-0.05, 0) is 42.7 Å². The van der Waals surface area contributed by atoms with Crippen LogP contribution in [-0.2, 0) is 6.42 Å². The first kappa shape index (κ1) is 10.3. The molecule has 4 aromatic rings. The van der Waals surface area contributed by atoms with E-state index in [9.17, 15) is 0 Å². The number of nitrogens with one attached hydrogen (secondary N) is 2. The number of hydrogen-bond acceptors (Lipinski definition) is 0. The number of allylic oxidation sites excluding steroid dienone is 1. The number of rotatable bonds is 0. The van der Waals surface area contributed by atoms with Crippen molar-refractivity contribution >= 4 is 38.8 Å². The number of para-hydroxylation sites is 1. The van der Waals surface area contributed by atoms with Gasteiger partial charge in [-0.3, -0.25) is 0 Å². The molecule has 2 N–H and O–H groups in total. The first-order valence-corrected chi connectivity index (χ1v) is 7.12. The van der Waals surface area contributed by atoms with Gasteiger partial charge in [0.15, 0.2) is 0 Å². The summed E-state index contributed by atoms with van der Waals surface area (Å²) in [5, 5.41) is 4.09. The van der Waals surface area contributed by atoms with Crippen LogP contribution in [0.1, 0.15) is 17.7 Å². The highest BCUT2D eigenvalue weighted by Gasteiger charge is 2.16. The van der Waals surface area contributed by atoms with Crippen molar-refractivity contribution in [2.24, 2.45) is 0 Å². The van der Waals surface area contributed by atoms with Crippen LogP contribution in [-0.4, -0.2) is 9.97 Å². The lowest BCUT2D eigenvalue weighted by Crippen LogP contribution is -1.90. The Labute approximate surface area is 116 Å². The first-order valence-electron chi connectivity index (χ1n) is 7.12. The fraction of sp³-hybridized carbons (Fsp3) is 0.111. The van der Waals surface area contributed by atoms with E-state index in [2.05, 4.69) is 58.5 Å². The Morgan fingerprint density at radius 3 is 2.60 bits per heavy atom. The normalized spacial score (nSPS) is 14.4. The summed E-state index contributed by atoms with van der Waals surface area (Å²) >= 11 is 0. The van der Waals surface area contributed by atoms with Crippen molar-refractivity contribution in [1.82, 2.24) is 9.97 Å². The molecule has 0 bridgehead atoms. The smallest absolute Gasteiger partial charge is 0.0472 e. The van der Waals surface area contributed by atoms with Gasteiger partial charge in [0.05, 0.1) is 0 Å². The number of H-pyrrole nitrogens is 2. The maximum Gasteiger partial charge on any atom is 0.0472 e. The molecule has 2 nitrogen and oxygen atoms in total. The molecule has 1 aliphatic rings. The predicted molar refractivity (Wildman–Crippen MR) is 85.0 cm³/mol. The van der Waals surface area contributed by atoms with Gasteiger partial charge < -0.3 is 9.97 Å². The molecule has 0 fully saturated rings. The molecule has 0 atom stereocenters. The van der Waals surface area contributed by atoms with Gasteiger partial charge in [0, 0.05) is 38.4 Å². The lowest BCUT2D eigenvalue weighted by atomic mass is 9.98. The number of benzene rings is 2. The van der Waals surface area contributed by atoms with Crippen LogP contribution in [0.15, 0.2) is 42.5 Å². The van der Waals surface area contributed by atoms with Crippen LogP contribution in [0.25, 0.3) is 38.8 Å². The van der Waals surface area contributed by atoms with E-state index in [1.54, 1.807) is 0 Å². The topological polar surface area (TPSA) is 31.6 Å². The van der Waals surface area contributed by atoms with Crippen molar-refractivity contribution in [2.75, 3.05) is 0 Å². The van der Waals surface area contributed by atoms with Crippen LogP contribution in [0.5, 0.6) is 0 Å². The van der Waals surface area contributed by atoms with Crippen LogP contribution in [0.4, 0.5) is 0 Å². The molecule has 2 aromatic heterocycles. The van der Waals surface area contributed by atoms with E-state index in [0.717, 1.165) is 12.8 Å².